The zero-order valence-electron chi connectivity index (χ0n) is 12.4. The molecule has 0 N–H and O–H groups in total. The quantitative estimate of drug-likeness (QED) is 0.344. The summed E-state index contributed by atoms with van der Waals surface area (Å²) >= 11 is 0. The van der Waals surface area contributed by atoms with Crippen molar-refractivity contribution >= 4 is 5.97 Å². The highest BCUT2D eigenvalue weighted by atomic mass is 16.5. The molecule has 0 amide bonds. The van der Waals surface area contributed by atoms with Crippen molar-refractivity contribution in [1.82, 2.24) is 4.90 Å². The SMILES string of the molecule is COC(=O)C1(C)CC(N=[N+]=[N-])CN1CC1CCCCC1. The summed E-state index contributed by atoms with van der Waals surface area (Å²) in [5.74, 6) is 0.432. The van der Waals surface area contributed by atoms with Gasteiger partial charge in [0.2, 0.25) is 0 Å². The molecule has 1 aliphatic heterocycles. The van der Waals surface area contributed by atoms with Gasteiger partial charge in [-0.3, -0.25) is 9.69 Å². The minimum Gasteiger partial charge on any atom is -0.468 e. The third-order valence-electron chi connectivity index (χ3n) is 4.81. The lowest BCUT2D eigenvalue weighted by Gasteiger charge is -2.36. The van der Waals surface area contributed by atoms with E-state index in [-0.39, 0.29) is 12.0 Å². The largest absolute Gasteiger partial charge is 0.468 e. The molecular formula is C14H24N4O2. The Morgan fingerprint density at radius 3 is 2.75 bits per heavy atom. The van der Waals surface area contributed by atoms with Crippen molar-refractivity contribution in [3.05, 3.63) is 10.4 Å². The highest BCUT2D eigenvalue weighted by Crippen LogP contribution is 2.35. The normalized spacial score (nSPS) is 31.8. The number of carbonyl (C=O) groups excluding carboxylic acids is 1. The Bertz CT molecular complexity index is 402. The van der Waals surface area contributed by atoms with E-state index < -0.39 is 5.54 Å². The molecule has 1 saturated heterocycles. The summed E-state index contributed by atoms with van der Waals surface area (Å²) in [6.07, 6.45) is 6.92. The van der Waals surface area contributed by atoms with Crippen LogP contribution in [0.2, 0.25) is 0 Å². The maximum Gasteiger partial charge on any atom is 0.326 e. The van der Waals surface area contributed by atoms with Crippen LogP contribution in [-0.4, -0.2) is 42.6 Å². The first-order valence-electron chi connectivity index (χ1n) is 7.48. The molecule has 0 aromatic heterocycles. The van der Waals surface area contributed by atoms with Gasteiger partial charge < -0.3 is 4.74 Å². The van der Waals surface area contributed by atoms with Crippen molar-refractivity contribution in [3.63, 3.8) is 0 Å². The average molecular weight is 280 g/mol. The lowest BCUT2D eigenvalue weighted by atomic mass is 9.88. The Kier molecular flexibility index (Phi) is 4.89. The topological polar surface area (TPSA) is 78.3 Å². The molecule has 2 aliphatic rings. The molecular weight excluding hydrogens is 256 g/mol. The number of hydrogen-bond donors (Lipinski definition) is 0. The number of carbonyl (C=O) groups is 1. The van der Waals surface area contributed by atoms with Gasteiger partial charge in [-0.25, -0.2) is 0 Å². The van der Waals surface area contributed by atoms with Crippen molar-refractivity contribution in [2.75, 3.05) is 20.2 Å². The zero-order chi connectivity index (χ0) is 14.6. The predicted molar refractivity (Wildman–Crippen MR) is 76.1 cm³/mol. The molecule has 20 heavy (non-hydrogen) atoms. The number of ether oxygens (including phenoxy) is 1. The van der Waals surface area contributed by atoms with Crippen LogP contribution in [0.5, 0.6) is 0 Å². The molecule has 0 aromatic carbocycles. The maximum atomic E-state index is 12.1. The first kappa shape index (κ1) is 15.1. The minimum atomic E-state index is -0.648. The van der Waals surface area contributed by atoms with Gasteiger partial charge in [-0.2, -0.15) is 0 Å². The molecule has 1 heterocycles. The summed E-state index contributed by atoms with van der Waals surface area (Å²) in [6, 6.07) is -0.132. The zero-order valence-corrected chi connectivity index (χ0v) is 12.4. The average Bonchev–Trinajstić information content (AvgIpc) is 2.77. The van der Waals surface area contributed by atoms with Gasteiger partial charge in [0.25, 0.3) is 0 Å². The smallest absolute Gasteiger partial charge is 0.326 e. The van der Waals surface area contributed by atoms with Gasteiger partial charge in [-0.15, -0.1) is 0 Å². The second-order valence-electron chi connectivity index (χ2n) is 6.24. The van der Waals surface area contributed by atoms with E-state index in [0.717, 1.165) is 6.54 Å². The molecule has 0 spiro atoms. The fraction of sp³-hybridized carbons (Fsp3) is 0.929. The Morgan fingerprint density at radius 1 is 1.45 bits per heavy atom. The summed E-state index contributed by atoms with van der Waals surface area (Å²) in [4.78, 5) is 17.2. The number of esters is 1. The molecule has 2 atom stereocenters. The third kappa shape index (κ3) is 3.07. The Labute approximate surface area is 120 Å². The molecule has 112 valence electrons. The number of hydrogen-bond acceptors (Lipinski definition) is 4. The fourth-order valence-electron chi connectivity index (χ4n) is 3.65. The predicted octanol–water partition coefficient (Wildman–Crippen LogP) is 2.88. The molecule has 2 unspecified atom stereocenters. The molecule has 6 nitrogen and oxygen atoms in total. The van der Waals surface area contributed by atoms with Crippen molar-refractivity contribution in [1.29, 1.82) is 0 Å². The number of rotatable bonds is 4. The first-order chi connectivity index (χ1) is 9.60. The van der Waals surface area contributed by atoms with Crippen LogP contribution in [0.4, 0.5) is 0 Å². The van der Waals surface area contributed by atoms with Crippen molar-refractivity contribution in [2.45, 2.75) is 57.0 Å². The van der Waals surface area contributed by atoms with Gasteiger partial charge in [0, 0.05) is 18.0 Å². The Morgan fingerprint density at radius 2 is 2.15 bits per heavy atom. The van der Waals surface area contributed by atoms with Gasteiger partial charge in [0.15, 0.2) is 0 Å². The van der Waals surface area contributed by atoms with Gasteiger partial charge in [0.1, 0.15) is 5.54 Å². The molecule has 1 aliphatic carbocycles. The van der Waals surface area contributed by atoms with Gasteiger partial charge >= 0.3 is 5.97 Å². The molecule has 6 heteroatoms. The number of methoxy groups -OCH3 is 1. The van der Waals surface area contributed by atoms with Crippen LogP contribution >= 0.6 is 0 Å². The second-order valence-corrected chi connectivity index (χ2v) is 6.24. The van der Waals surface area contributed by atoms with Crippen LogP contribution in [0.15, 0.2) is 5.11 Å². The van der Waals surface area contributed by atoms with Crippen molar-refractivity contribution < 1.29 is 9.53 Å². The van der Waals surface area contributed by atoms with Crippen LogP contribution in [-0.2, 0) is 9.53 Å². The van der Waals surface area contributed by atoms with Crippen LogP contribution < -0.4 is 0 Å². The van der Waals surface area contributed by atoms with E-state index in [9.17, 15) is 4.79 Å². The van der Waals surface area contributed by atoms with E-state index in [1.165, 1.54) is 39.2 Å². The minimum absolute atomic E-state index is 0.132. The lowest BCUT2D eigenvalue weighted by Crippen LogP contribution is -2.50. The summed E-state index contributed by atoms with van der Waals surface area (Å²) in [7, 11) is 1.42. The summed E-state index contributed by atoms with van der Waals surface area (Å²) in [5.41, 5.74) is 7.98. The molecule has 0 bridgehead atoms. The summed E-state index contributed by atoms with van der Waals surface area (Å²) in [6.45, 7) is 3.48. The lowest BCUT2D eigenvalue weighted by molar-refractivity contribution is -0.152. The molecule has 2 fully saturated rings. The highest BCUT2D eigenvalue weighted by Gasteiger charge is 2.48. The van der Waals surface area contributed by atoms with Crippen LogP contribution in [0, 0.1) is 5.92 Å². The van der Waals surface area contributed by atoms with Gasteiger partial charge in [-0.05, 0) is 37.6 Å². The third-order valence-corrected chi connectivity index (χ3v) is 4.81. The molecule has 0 radical (unpaired) electrons. The van der Waals surface area contributed by atoms with Crippen molar-refractivity contribution in [3.8, 4) is 0 Å². The molecule has 0 aromatic rings. The highest BCUT2D eigenvalue weighted by molar-refractivity contribution is 5.80. The van der Waals surface area contributed by atoms with E-state index in [2.05, 4.69) is 14.9 Å². The molecule has 1 saturated carbocycles. The molecule has 2 rings (SSSR count). The first-order valence-corrected chi connectivity index (χ1v) is 7.48. The van der Waals surface area contributed by atoms with E-state index >= 15 is 0 Å². The summed E-state index contributed by atoms with van der Waals surface area (Å²) in [5, 5.41) is 3.81. The van der Waals surface area contributed by atoms with E-state index in [4.69, 9.17) is 10.3 Å². The monoisotopic (exact) mass is 280 g/mol. The Hall–Kier alpha value is -1.26. The standard InChI is InChI=1S/C14H24N4O2/c1-14(13(19)20-2)8-12(16-17-15)10-18(14)9-11-6-4-3-5-7-11/h11-12H,3-10H2,1-2H3. The van der Waals surface area contributed by atoms with E-state index in [1.807, 2.05) is 6.92 Å². The van der Waals surface area contributed by atoms with Crippen LogP contribution in [0.3, 0.4) is 0 Å². The van der Waals surface area contributed by atoms with Gasteiger partial charge in [0.05, 0.1) is 13.2 Å². The number of azide groups is 1. The van der Waals surface area contributed by atoms with Crippen LogP contribution in [0.25, 0.3) is 10.4 Å². The number of likely N-dealkylation sites (tertiary alicyclic amines) is 1. The van der Waals surface area contributed by atoms with E-state index in [1.54, 1.807) is 0 Å². The van der Waals surface area contributed by atoms with E-state index in [0.29, 0.717) is 18.9 Å². The summed E-state index contributed by atoms with van der Waals surface area (Å²) < 4.78 is 4.97. The van der Waals surface area contributed by atoms with Crippen molar-refractivity contribution in [2.24, 2.45) is 11.0 Å². The number of nitrogens with zero attached hydrogens (tertiary/aromatic N) is 4. The van der Waals surface area contributed by atoms with Crippen LogP contribution in [0.1, 0.15) is 45.4 Å². The second kappa shape index (κ2) is 6.46. The maximum absolute atomic E-state index is 12.1. The van der Waals surface area contributed by atoms with Gasteiger partial charge in [-0.1, -0.05) is 24.4 Å². The Balaban J connectivity index is 2.09. The fourth-order valence-corrected chi connectivity index (χ4v) is 3.65.